The van der Waals surface area contributed by atoms with E-state index in [-0.39, 0.29) is 22.6 Å². The number of nitrogens with one attached hydrogen (secondary N) is 1. The zero-order valence-electron chi connectivity index (χ0n) is 16.6. The second-order valence-corrected chi connectivity index (χ2v) is 8.80. The van der Waals surface area contributed by atoms with Gasteiger partial charge in [0.05, 0.1) is 30.2 Å². The van der Waals surface area contributed by atoms with Gasteiger partial charge in [0.1, 0.15) is 0 Å². The summed E-state index contributed by atoms with van der Waals surface area (Å²) < 4.78 is 37.1. The van der Waals surface area contributed by atoms with E-state index >= 15 is 0 Å². The van der Waals surface area contributed by atoms with Crippen molar-refractivity contribution in [2.45, 2.75) is 31.1 Å². The van der Waals surface area contributed by atoms with Crippen LogP contribution in [0.25, 0.3) is 0 Å². The van der Waals surface area contributed by atoms with Crippen molar-refractivity contribution < 1.29 is 27.5 Å². The van der Waals surface area contributed by atoms with Crippen LogP contribution in [0.5, 0.6) is 0 Å². The van der Waals surface area contributed by atoms with Crippen molar-refractivity contribution in [1.82, 2.24) is 9.62 Å². The molecule has 0 amide bonds. The zero-order valence-corrected chi connectivity index (χ0v) is 17.4. The number of ether oxygens (including phenoxy) is 2. The Balaban J connectivity index is 2.06. The molecule has 0 bridgehead atoms. The first-order valence-electron chi connectivity index (χ1n) is 9.30. The fourth-order valence-corrected chi connectivity index (χ4v) is 4.45. The smallest absolute Gasteiger partial charge is 0.337 e. The summed E-state index contributed by atoms with van der Waals surface area (Å²) in [4.78, 5) is 25.8. The van der Waals surface area contributed by atoms with E-state index in [1.807, 2.05) is 0 Å². The Kier molecular flexibility index (Phi) is 7.97. The van der Waals surface area contributed by atoms with Gasteiger partial charge in [0.2, 0.25) is 10.0 Å². The molecule has 1 heterocycles. The van der Waals surface area contributed by atoms with Crippen LogP contribution in [0.1, 0.15) is 46.9 Å². The van der Waals surface area contributed by atoms with E-state index in [1.165, 1.54) is 45.3 Å². The van der Waals surface area contributed by atoms with E-state index < -0.39 is 22.0 Å². The van der Waals surface area contributed by atoms with Gasteiger partial charge in [0.15, 0.2) is 0 Å². The lowest BCUT2D eigenvalue weighted by Gasteiger charge is -2.30. The average molecular weight is 413 g/mol. The van der Waals surface area contributed by atoms with Gasteiger partial charge in [0, 0.05) is 13.1 Å². The summed E-state index contributed by atoms with van der Waals surface area (Å²) in [5, 5.41) is 0. The van der Waals surface area contributed by atoms with Crippen LogP contribution < -0.4 is 4.72 Å². The maximum absolute atomic E-state index is 12.6. The molecule has 1 aliphatic heterocycles. The quantitative estimate of drug-likeness (QED) is 0.512. The maximum Gasteiger partial charge on any atom is 0.337 e. The number of hydrogen-bond donors (Lipinski definition) is 1. The minimum absolute atomic E-state index is 0.0342. The van der Waals surface area contributed by atoms with Gasteiger partial charge >= 0.3 is 11.9 Å². The summed E-state index contributed by atoms with van der Waals surface area (Å²) in [5.41, 5.74) is -0.0684. The molecule has 0 radical (unpaired) electrons. The first-order chi connectivity index (χ1) is 13.3. The van der Waals surface area contributed by atoms with Gasteiger partial charge in [-0.1, -0.05) is 6.92 Å². The number of benzene rings is 1. The number of carbonyl (C=O) groups is 2. The molecule has 156 valence electrons. The third-order valence-electron chi connectivity index (χ3n) is 4.74. The Morgan fingerprint density at radius 1 is 1.14 bits per heavy atom. The molecular formula is C19H28N2O6S. The molecule has 1 aromatic rings. The average Bonchev–Trinajstić information content (AvgIpc) is 2.69. The summed E-state index contributed by atoms with van der Waals surface area (Å²) in [7, 11) is -1.52. The van der Waals surface area contributed by atoms with Crippen molar-refractivity contribution in [2.75, 3.05) is 40.4 Å². The van der Waals surface area contributed by atoms with Gasteiger partial charge in [-0.05, 0) is 56.5 Å². The number of methoxy groups -OCH3 is 2. The zero-order chi connectivity index (χ0) is 20.7. The number of piperidine rings is 1. The highest BCUT2D eigenvalue weighted by Gasteiger charge is 2.21. The Morgan fingerprint density at radius 3 is 2.29 bits per heavy atom. The summed E-state index contributed by atoms with van der Waals surface area (Å²) >= 11 is 0. The standard InChI is InChI=1S/C19H28N2O6S/c1-14-6-4-8-21(13-14)9-5-7-20-28(24,25)17-11-15(18(22)26-2)10-16(12-17)19(23)27-3/h10-12,14,20H,4-9,13H2,1-3H3. The second-order valence-electron chi connectivity index (χ2n) is 7.03. The molecule has 0 aliphatic carbocycles. The summed E-state index contributed by atoms with van der Waals surface area (Å²) in [6, 6.07) is 3.62. The number of carbonyl (C=O) groups excluding carboxylic acids is 2. The molecule has 9 heteroatoms. The van der Waals surface area contributed by atoms with Crippen LogP contribution in [0.3, 0.4) is 0 Å². The minimum Gasteiger partial charge on any atom is -0.465 e. The fourth-order valence-electron chi connectivity index (χ4n) is 3.31. The number of sulfonamides is 1. The van der Waals surface area contributed by atoms with Crippen molar-refractivity contribution in [3.05, 3.63) is 29.3 Å². The Labute approximate surface area is 166 Å². The van der Waals surface area contributed by atoms with E-state index in [0.29, 0.717) is 12.3 Å². The van der Waals surface area contributed by atoms with Gasteiger partial charge in [0.25, 0.3) is 0 Å². The first kappa shape index (κ1) is 22.3. The molecule has 1 fully saturated rings. The highest BCUT2D eigenvalue weighted by atomic mass is 32.2. The molecule has 1 aliphatic rings. The minimum atomic E-state index is -3.89. The van der Waals surface area contributed by atoms with Crippen LogP contribution >= 0.6 is 0 Å². The van der Waals surface area contributed by atoms with Crippen LogP contribution in [0, 0.1) is 5.92 Å². The Hall–Kier alpha value is -1.97. The van der Waals surface area contributed by atoms with Crippen molar-refractivity contribution in [2.24, 2.45) is 5.92 Å². The lowest BCUT2D eigenvalue weighted by molar-refractivity contribution is 0.0598. The molecule has 0 saturated carbocycles. The lowest BCUT2D eigenvalue weighted by atomic mass is 10.0. The van der Waals surface area contributed by atoms with Crippen molar-refractivity contribution in [3.8, 4) is 0 Å². The second kappa shape index (κ2) is 9.99. The molecule has 1 aromatic carbocycles. The third kappa shape index (κ3) is 6.02. The van der Waals surface area contributed by atoms with E-state index in [4.69, 9.17) is 0 Å². The molecule has 1 N–H and O–H groups in total. The number of rotatable bonds is 8. The molecule has 1 atom stereocenters. The molecular weight excluding hydrogens is 384 g/mol. The number of nitrogens with zero attached hydrogens (tertiary/aromatic N) is 1. The maximum atomic E-state index is 12.6. The van der Waals surface area contributed by atoms with Gasteiger partial charge in [-0.15, -0.1) is 0 Å². The SMILES string of the molecule is COC(=O)c1cc(C(=O)OC)cc(S(=O)(=O)NCCCN2CCCC(C)C2)c1. The largest absolute Gasteiger partial charge is 0.465 e. The topological polar surface area (TPSA) is 102 Å². The van der Waals surface area contributed by atoms with Gasteiger partial charge in [-0.3, -0.25) is 0 Å². The number of likely N-dealkylation sites (tertiary alicyclic amines) is 1. The highest BCUT2D eigenvalue weighted by Crippen LogP contribution is 2.18. The molecule has 0 aromatic heterocycles. The van der Waals surface area contributed by atoms with E-state index in [2.05, 4.69) is 26.0 Å². The summed E-state index contributed by atoms with van der Waals surface area (Å²) in [6.07, 6.45) is 3.08. The summed E-state index contributed by atoms with van der Waals surface area (Å²) in [5.74, 6) is -0.800. The van der Waals surface area contributed by atoms with Crippen LogP contribution in [0.4, 0.5) is 0 Å². The Bertz CT molecular complexity index is 774. The number of esters is 2. The van der Waals surface area contributed by atoms with Gasteiger partial charge in [-0.2, -0.15) is 0 Å². The van der Waals surface area contributed by atoms with Gasteiger partial charge < -0.3 is 14.4 Å². The van der Waals surface area contributed by atoms with Crippen molar-refractivity contribution in [1.29, 1.82) is 0 Å². The first-order valence-corrected chi connectivity index (χ1v) is 10.8. The number of hydrogen-bond acceptors (Lipinski definition) is 7. The monoisotopic (exact) mass is 412 g/mol. The summed E-state index contributed by atoms with van der Waals surface area (Å²) in [6.45, 7) is 5.39. The van der Waals surface area contributed by atoms with Crippen LogP contribution in [0.2, 0.25) is 0 Å². The fraction of sp³-hybridized carbons (Fsp3) is 0.579. The third-order valence-corrected chi connectivity index (χ3v) is 6.18. The predicted molar refractivity (Wildman–Crippen MR) is 104 cm³/mol. The van der Waals surface area contributed by atoms with Crippen LogP contribution in [-0.4, -0.2) is 65.7 Å². The molecule has 0 spiro atoms. The normalized spacial score (nSPS) is 17.9. The van der Waals surface area contributed by atoms with Crippen LogP contribution in [0.15, 0.2) is 23.1 Å². The van der Waals surface area contributed by atoms with Crippen LogP contribution in [-0.2, 0) is 19.5 Å². The molecule has 2 rings (SSSR count). The predicted octanol–water partition coefficient (Wildman–Crippen LogP) is 1.66. The molecule has 28 heavy (non-hydrogen) atoms. The highest BCUT2D eigenvalue weighted by molar-refractivity contribution is 7.89. The lowest BCUT2D eigenvalue weighted by Crippen LogP contribution is -2.36. The van der Waals surface area contributed by atoms with E-state index in [1.54, 1.807) is 0 Å². The van der Waals surface area contributed by atoms with E-state index in [0.717, 1.165) is 19.6 Å². The van der Waals surface area contributed by atoms with Crippen molar-refractivity contribution in [3.63, 3.8) is 0 Å². The van der Waals surface area contributed by atoms with Crippen molar-refractivity contribution >= 4 is 22.0 Å². The molecule has 8 nitrogen and oxygen atoms in total. The Morgan fingerprint density at radius 2 is 1.75 bits per heavy atom. The van der Waals surface area contributed by atoms with Gasteiger partial charge in [-0.25, -0.2) is 22.7 Å². The molecule has 1 saturated heterocycles. The van der Waals surface area contributed by atoms with E-state index in [9.17, 15) is 18.0 Å². The molecule has 1 unspecified atom stereocenters.